The van der Waals surface area contributed by atoms with E-state index in [-0.39, 0.29) is 5.96 Å². The minimum absolute atomic E-state index is 0.228. The molecule has 3 rings (SSSR count). The van der Waals surface area contributed by atoms with Gasteiger partial charge in [-0.1, -0.05) is 17.7 Å². The summed E-state index contributed by atoms with van der Waals surface area (Å²) in [6.45, 7) is 2.56. The number of hydrogen-bond donors (Lipinski definition) is 3. The minimum atomic E-state index is -1.14. The lowest BCUT2D eigenvalue weighted by Gasteiger charge is -2.29. The van der Waals surface area contributed by atoms with Crippen LogP contribution in [0.4, 0.5) is 0 Å². The highest BCUT2D eigenvalue weighted by Crippen LogP contribution is 2.33. The number of nitrogens with two attached hydrogens (primary N) is 2. The van der Waals surface area contributed by atoms with Crippen LogP contribution in [0.25, 0.3) is 5.70 Å². The predicted octanol–water partition coefficient (Wildman–Crippen LogP) is 2.82. The van der Waals surface area contributed by atoms with Crippen molar-refractivity contribution in [1.82, 2.24) is 5.32 Å². The highest BCUT2D eigenvalue weighted by atomic mass is 35.5. The molecule has 0 saturated heterocycles. The molecule has 26 heavy (non-hydrogen) atoms. The third kappa shape index (κ3) is 3.61. The molecule has 0 fully saturated rings. The molecule has 0 saturated carbocycles. The summed E-state index contributed by atoms with van der Waals surface area (Å²) in [6.07, 6.45) is 1.82. The van der Waals surface area contributed by atoms with Gasteiger partial charge in [-0.3, -0.25) is 5.73 Å². The van der Waals surface area contributed by atoms with Crippen molar-refractivity contribution in [3.05, 3.63) is 64.7 Å². The van der Waals surface area contributed by atoms with E-state index in [1.165, 1.54) is 0 Å². The van der Waals surface area contributed by atoms with Crippen LogP contribution >= 0.6 is 11.6 Å². The Bertz CT molecular complexity index is 864. The molecule has 1 aliphatic rings. The zero-order chi connectivity index (χ0) is 18.7. The normalized spacial score (nSPS) is 19.2. The van der Waals surface area contributed by atoms with Crippen molar-refractivity contribution in [3.63, 3.8) is 0 Å². The van der Waals surface area contributed by atoms with Gasteiger partial charge in [0.25, 0.3) is 0 Å². The molecular formula is C19H21ClN4O2. The Morgan fingerprint density at radius 3 is 2.54 bits per heavy atom. The maximum atomic E-state index is 6.53. The van der Waals surface area contributed by atoms with Gasteiger partial charge >= 0.3 is 0 Å². The Morgan fingerprint density at radius 1 is 1.19 bits per heavy atom. The molecule has 6 nitrogen and oxygen atoms in total. The predicted molar refractivity (Wildman–Crippen MR) is 104 cm³/mol. The van der Waals surface area contributed by atoms with E-state index in [1.807, 2.05) is 43.3 Å². The third-order valence-corrected chi connectivity index (χ3v) is 4.32. The van der Waals surface area contributed by atoms with Crippen LogP contribution in [0, 0.1) is 0 Å². The molecule has 1 heterocycles. The van der Waals surface area contributed by atoms with Gasteiger partial charge in [0.05, 0.1) is 18.7 Å². The number of ether oxygens (including phenoxy) is 2. The van der Waals surface area contributed by atoms with E-state index < -0.39 is 5.66 Å². The fourth-order valence-corrected chi connectivity index (χ4v) is 3.03. The molecule has 1 aliphatic heterocycles. The summed E-state index contributed by atoms with van der Waals surface area (Å²) in [5.74, 6) is 1.60. The molecule has 2 aromatic carbocycles. The van der Waals surface area contributed by atoms with Gasteiger partial charge in [-0.15, -0.1) is 0 Å². The van der Waals surface area contributed by atoms with Crippen molar-refractivity contribution in [3.8, 4) is 11.5 Å². The van der Waals surface area contributed by atoms with Gasteiger partial charge in [-0.25, -0.2) is 4.99 Å². The SMILES string of the molecule is CCOc1ccc(C2=CC(N)(c3ccc(OC)c(Cl)c3)N=C(N)N2)cc1. The summed E-state index contributed by atoms with van der Waals surface area (Å²) >= 11 is 6.24. The van der Waals surface area contributed by atoms with Crippen LogP contribution in [0.2, 0.25) is 5.02 Å². The van der Waals surface area contributed by atoms with E-state index >= 15 is 0 Å². The molecule has 0 bridgehead atoms. The smallest absolute Gasteiger partial charge is 0.195 e. The van der Waals surface area contributed by atoms with Gasteiger partial charge < -0.3 is 20.5 Å². The Labute approximate surface area is 157 Å². The monoisotopic (exact) mass is 372 g/mol. The summed E-state index contributed by atoms with van der Waals surface area (Å²) in [7, 11) is 1.56. The first-order valence-electron chi connectivity index (χ1n) is 8.16. The maximum absolute atomic E-state index is 6.53. The van der Waals surface area contributed by atoms with E-state index in [0.29, 0.717) is 22.9 Å². The summed E-state index contributed by atoms with van der Waals surface area (Å²) in [5.41, 5.74) is 13.8. The van der Waals surface area contributed by atoms with E-state index in [9.17, 15) is 0 Å². The third-order valence-electron chi connectivity index (χ3n) is 4.02. The van der Waals surface area contributed by atoms with Gasteiger partial charge in [-0.2, -0.15) is 0 Å². The Kier molecular flexibility index (Phi) is 5.06. The van der Waals surface area contributed by atoms with Crippen molar-refractivity contribution in [2.75, 3.05) is 13.7 Å². The highest BCUT2D eigenvalue weighted by molar-refractivity contribution is 6.32. The summed E-state index contributed by atoms with van der Waals surface area (Å²) in [4.78, 5) is 4.36. The Balaban J connectivity index is 1.98. The Hall–Kier alpha value is -2.70. The standard InChI is InChI=1S/C19H21ClN4O2/c1-3-26-14-7-4-12(5-8-14)16-11-19(22,24-18(21)23-16)13-6-9-17(25-2)15(20)10-13/h4-11H,3,22H2,1-2H3,(H3,21,23,24). The lowest BCUT2D eigenvalue weighted by molar-refractivity contribution is 0.340. The van der Waals surface area contributed by atoms with Crippen molar-refractivity contribution >= 4 is 23.3 Å². The first-order chi connectivity index (χ1) is 12.4. The largest absolute Gasteiger partial charge is 0.495 e. The Morgan fingerprint density at radius 2 is 1.92 bits per heavy atom. The number of hydrogen-bond acceptors (Lipinski definition) is 6. The number of nitrogens with zero attached hydrogens (tertiary/aromatic N) is 1. The van der Waals surface area contributed by atoms with Crippen molar-refractivity contribution < 1.29 is 9.47 Å². The van der Waals surface area contributed by atoms with Crippen molar-refractivity contribution in [2.24, 2.45) is 16.5 Å². The molecule has 1 atom stereocenters. The maximum Gasteiger partial charge on any atom is 0.195 e. The molecule has 1 unspecified atom stereocenters. The van der Waals surface area contributed by atoms with Crippen LogP contribution < -0.4 is 26.3 Å². The van der Waals surface area contributed by atoms with Gasteiger partial charge in [0.15, 0.2) is 11.6 Å². The second-order valence-corrected chi connectivity index (χ2v) is 6.22. The first-order valence-corrected chi connectivity index (χ1v) is 8.54. The molecule has 0 amide bonds. The summed E-state index contributed by atoms with van der Waals surface area (Å²) < 4.78 is 10.7. The van der Waals surface area contributed by atoms with E-state index in [2.05, 4.69) is 10.3 Å². The molecule has 136 valence electrons. The van der Waals surface area contributed by atoms with Crippen LogP contribution in [0.1, 0.15) is 18.1 Å². The van der Waals surface area contributed by atoms with Gasteiger partial charge in [0.1, 0.15) is 11.5 Å². The number of aliphatic imine (C=N–C) groups is 1. The summed E-state index contributed by atoms with van der Waals surface area (Å²) in [6, 6.07) is 13.0. The zero-order valence-corrected chi connectivity index (χ0v) is 15.4. The highest BCUT2D eigenvalue weighted by Gasteiger charge is 2.30. The van der Waals surface area contributed by atoms with Crippen LogP contribution in [-0.2, 0) is 5.66 Å². The van der Waals surface area contributed by atoms with Crippen molar-refractivity contribution in [2.45, 2.75) is 12.6 Å². The topological polar surface area (TPSA) is 94.9 Å². The summed E-state index contributed by atoms with van der Waals surface area (Å²) in [5, 5.41) is 3.51. The van der Waals surface area contributed by atoms with Crippen LogP contribution in [0.3, 0.4) is 0 Å². The van der Waals surface area contributed by atoms with Gasteiger partial charge in [-0.05, 0) is 60.5 Å². The van der Waals surface area contributed by atoms with Crippen molar-refractivity contribution in [1.29, 1.82) is 0 Å². The van der Waals surface area contributed by atoms with Gasteiger partial charge in [0, 0.05) is 5.70 Å². The second-order valence-electron chi connectivity index (χ2n) is 5.81. The fourth-order valence-electron chi connectivity index (χ4n) is 2.77. The average molecular weight is 373 g/mol. The number of guanidine groups is 1. The molecular weight excluding hydrogens is 352 g/mol. The zero-order valence-electron chi connectivity index (χ0n) is 14.6. The molecule has 7 heteroatoms. The number of nitrogens with one attached hydrogen (secondary N) is 1. The van der Waals surface area contributed by atoms with E-state index in [4.69, 9.17) is 32.5 Å². The lowest BCUT2D eigenvalue weighted by atomic mass is 9.96. The lowest BCUT2D eigenvalue weighted by Crippen LogP contribution is -2.44. The number of methoxy groups -OCH3 is 1. The quantitative estimate of drug-likeness (QED) is 0.750. The van der Waals surface area contributed by atoms with Crippen LogP contribution in [0.5, 0.6) is 11.5 Å². The number of halogens is 1. The fraction of sp³-hybridized carbons (Fsp3) is 0.211. The van der Waals surface area contributed by atoms with Gasteiger partial charge in [0.2, 0.25) is 0 Å². The molecule has 0 aliphatic carbocycles. The molecule has 2 aromatic rings. The number of benzene rings is 2. The van der Waals surface area contributed by atoms with E-state index in [0.717, 1.165) is 17.0 Å². The second kappa shape index (κ2) is 7.27. The van der Waals surface area contributed by atoms with E-state index in [1.54, 1.807) is 19.2 Å². The number of rotatable bonds is 5. The minimum Gasteiger partial charge on any atom is -0.495 e. The first kappa shape index (κ1) is 18.1. The molecule has 0 spiro atoms. The van der Waals surface area contributed by atoms with Crippen LogP contribution in [-0.4, -0.2) is 19.7 Å². The molecule has 5 N–H and O–H groups in total. The molecule has 0 radical (unpaired) electrons. The average Bonchev–Trinajstić information content (AvgIpc) is 2.62. The van der Waals surface area contributed by atoms with Crippen LogP contribution in [0.15, 0.2) is 53.5 Å². The molecule has 0 aromatic heterocycles.